The minimum Gasteiger partial charge on any atom is -0.281 e. The highest BCUT2D eigenvalue weighted by Crippen LogP contribution is 2.47. The van der Waals surface area contributed by atoms with Crippen molar-refractivity contribution in [2.75, 3.05) is 6.54 Å². The number of rotatable bonds is 4. The van der Waals surface area contributed by atoms with Crippen molar-refractivity contribution in [3.8, 4) is 0 Å². The van der Waals surface area contributed by atoms with Crippen LogP contribution in [0.3, 0.4) is 0 Å². The zero-order chi connectivity index (χ0) is 16.8. The highest BCUT2D eigenvalue weighted by molar-refractivity contribution is 6.22. The Morgan fingerprint density at radius 1 is 0.955 bits per heavy atom. The first-order chi connectivity index (χ1) is 10.2. The SMILES string of the molecule is CCCCN1C(=O)C2C(=O)N(C(C)C)C(=O)C(C1=O)C2(C)C. The molecule has 2 atom stereocenters. The number of amides is 4. The molecule has 2 bridgehead atoms. The van der Waals surface area contributed by atoms with Gasteiger partial charge in [0.25, 0.3) is 0 Å². The molecule has 122 valence electrons. The van der Waals surface area contributed by atoms with Gasteiger partial charge in [0.05, 0.1) is 0 Å². The zero-order valence-electron chi connectivity index (χ0n) is 13.9. The fraction of sp³-hybridized carbons (Fsp3) is 0.750. The number of piperidine rings is 2. The second kappa shape index (κ2) is 5.48. The first-order valence-electron chi connectivity index (χ1n) is 7.88. The molecule has 0 aromatic carbocycles. The number of hydrogen-bond acceptors (Lipinski definition) is 4. The largest absolute Gasteiger partial charge is 0.281 e. The molecule has 0 radical (unpaired) electrons. The van der Waals surface area contributed by atoms with Crippen molar-refractivity contribution in [3.05, 3.63) is 0 Å². The summed E-state index contributed by atoms with van der Waals surface area (Å²) in [5.41, 5.74) is -0.962. The van der Waals surface area contributed by atoms with Crippen LogP contribution in [0, 0.1) is 17.3 Å². The molecule has 2 heterocycles. The Labute approximate surface area is 130 Å². The molecule has 2 fully saturated rings. The van der Waals surface area contributed by atoms with Gasteiger partial charge < -0.3 is 0 Å². The van der Waals surface area contributed by atoms with E-state index >= 15 is 0 Å². The number of likely N-dealkylation sites (tertiary alicyclic amines) is 2. The lowest BCUT2D eigenvalue weighted by Crippen LogP contribution is -2.71. The Morgan fingerprint density at radius 2 is 1.41 bits per heavy atom. The summed E-state index contributed by atoms with van der Waals surface area (Å²) >= 11 is 0. The van der Waals surface area contributed by atoms with Crippen LogP contribution in [-0.2, 0) is 19.2 Å². The minimum atomic E-state index is -0.962. The molecule has 22 heavy (non-hydrogen) atoms. The lowest BCUT2D eigenvalue weighted by molar-refractivity contribution is -0.185. The van der Waals surface area contributed by atoms with Crippen LogP contribution >= 0.6 is 0 Å². The van der Waals surface area contributed by atoms with Gasteiger partial charge in [-0.05, 0) is 20.3 Å². The van der Waals surface area contributed by atoms with E-state index in [1.54, 1.807) is 27.7 Å². The van der Waals surface area contributed by atoms with E-state index in [1.165, 1.54) is 0 Å². The number of carbonyl (C=O) groups excluding carboxylic acids is 4. The zero-order valence-corrected chi connectivity index (χ0v) is 13.9. The number of carbonyl (C=O) groups is 4. The van der Waals surface area contributed by atoms with Gasteiger partial charge >= 0.3 is 0 Å². The second-order valence-electron chi connectivity index (χ2n) is 7.01. The summed E-state index contributed by atoms with van der Waals surface area (Å²) in [7, 11) is 0. The summed E-state index contributed by atoms with van der Waals surface area (Å²) < 4.78 is 0. The summed E-state index contributed by atoms with van der Waals surface area (Å²) in [6.45, 7) is 9.01. The maximum Gasteiger partial charge on any atom is 0.242 e. The topological polar surface area (TPSA) is 74.8 Å². The molecular weight excluding hydrogens is 284 g/mol. The number of nitrogens with zero attached hydrogens (tertiary/aromatic N) is 2. The normalized spacial score (nSPS) is 27.9. The van der Waals surface area contributed by atoms with Gasteiger partial charge in [-0.1, -0.05) is 27.2 Å². The number of imide groups is 2. The molecule has 2 saturated heterocycles. The van der Waals surface area contributed by atoms with Gasteiger partial charge in [-0.2, -0.15) is 0 Å². The average Bonchev–Trinajstić information content (AvgIpc) is 2.36. The molecule has 0 aromatic rings. The molecule has 6 nitrogen and oxygen atoms in total. The molecule has 2 unspecified atom stereocenters. The van der Waals surface area contributed by atoms with Crippen LogP contribution < -0.4 is 0 Å². The van der Waals surface area contributed by atoms with Gasteiger partial charge in [0, 0.05) is 18.0 Å². The van der Waals surface area contributed by atoms with Crippen LogP contribution in [-0.4, -0.2) is 46.0 Å². The molecule has 0 saturated carbocycles. The third-order valence-electron chi connectivity index (χ3n) is 4.73. The van der Waals surface area contributed by atoms with Gasteiger partial charge in [0.15, 0.2) is 0 Å². The number of hydrogen-bond donors (Lipinski definition) is 0. The third-order valence-corrected chi connectivity index (χ3v) is 4.73. The summed E-state index contributed by atoms with van der Waals surface area (Å²) in [5.74, 6) is -3.76. The highest BCUT2D eigenvalue weighted by atomic mass is 16.2. The molecular formula is C16H24N2O4. The maximum absolute atomic E-state index is 12.7. The molecule has 0 aliphatic carbocycles. The van der Waals surface area contributed by atoms with E-state index in [0.717, 1.165) is 16.2 Å². The Kier molecular flexibility index (Phi) is 4.15. The third kappa shape index (κ3) is 2.16. The lowest BCUT2D eigenvalue weighted by Gasteiger charge is -2.51. The van der Waals surface area contributed by atoms with Gasteiger partial charge in [-0.15, -0.1) is 0 Å². The van der Waals surface area contributed by atoms with Crippen LogP contribution in [0.1, 0.15) is 47.5 Å². The summed E-state index contributed by atoms with van der Waals surface area (Å²) in [4.78, 5) is 53.0. The minimum absolute atomic E-state index is 0.277. The first kappa shape index (κ1) is 16.6. The van der Waals surface area contributed by atoms with Crippen molar-refractivity contribution in [2.45, 2.75) is 53.5 Å². The summed E-state index contributed by atoms with van der Waals surface area (Å²) in [6, 6.07) is -0.358. The van der Waals surface area contributed by atoms with Gasteiger partial charge in [-0.3, -0.25) is 29.0 Å². The van der Waals surface area contributed by atoms with Crippen LogP contribution in [0.5, 0.6) is 0 Å². The fourth-order valence-electron chi connectivity index (χ4n) is 3.50. The first-order valence-corrected chi connectivity index (χ1v) is 7.88. The van der Waals surface area contributed by atoms with E-state index in [9.17, 15) is 19.2 Å². The van der Waals surface area contributed by atoms with Crippen molar-refractivity contribution in [2.24, 2.45) is 17.3 Å². The molecule has 6 heteroatoms. The lowest BCUT2D eigenvalue weighted by atomic mass is 9.62. The van der Waals surface area contributed by atoms with Gasteiger partial charge in [0.2, 0.25) is 23.6 Å². The van der Waals surface area contributed by atoms with Gasteiger partial charge in [0.1, 0.15) is 11.8 Å². The Bertz CT molecular complexity index is 500. The molecule has 0 aromatic heterocycles. The maximum atomic E-state index is 12.7. The molecule has 0 spiro atoms. The molecule has 2 aliphatic heterocycles. The van der Waals surface area contributed by atoms with Crippen LogP contribution in [0.4, 0.5) is 0 Å². The predicted octanol–water partition coefficient (Wildman–Crippen LogP) is 1.19. The van der Waals surface area contributed by atoms with E-state index < -0.39 is 40.9 Å². The summed E-state index contributed by atoms with van der Waals surface area (Å²) in [5, 5.41) is 0. The number of unbranched alkanes of at least 4 members (excludes halogenated alkanes) is 1. The fourth-order valence-corrected chi connectivity index (χ4v) is 3.50. The molecule has 4 amide bonds. The van der Waals surface area contributed by atoms with Crippen LogP contribution in [0.15, 0.2) is 0 Å². The van der Waals surface area contributed by atoms with Crippen molar-refractivity contribution >= 4 is 23.6 Å². The predicted molar refractivity (Wildman–Crippen MR) is 79.4 cm³/mol. The van der Waals surface area contributed by atoms with E-state index in [4.69, 9.17) is 0 Å². The van der Waals surface area contributed by atoms with Crippen molar-refractivity contribution < 1.29 is 19.2 Å². The monoisotopic (exact) mass is 308 g/mol. The average molecular weight is 308 g/mol. The van der Waals surface area contributed by atoms with E-state index in [2.05, 4.69) is 0 Å². The van der Waals surface area contributed by atoms with E-state index in [0.29, 0.717) is 6.42 Å². The van der Waals surface area contributed by atoms with Crippen molar-refractivity contribution in [3.63, 3.8) is 0 Å². The number of fused-ring (bicyclic) bond motifs is 2. The Balaban J connectivity index is 2.50. The summed E-state index contributed by atoms with van der Waals surface area (Å²) in [6.07, 6.45) is 1.50. The smallest absolute Gasteiger partial charge is 0.242 e. The van der Waals surface area contributed by atoms with Gasteiger partial charge in [-0.25, -0.2) is 0 Å². The molecule has 2 aliphatic rings. The second-order valence-corrected chi connectivity index (χ2v) is 7.01. The van der Waals surface area contributed by atoms with Crippen molar-refractivity contribution in [1.29, 1.82) is 0 Å². The van der Waals surface area contributed by atoms with Crippen molar-refractivity contribution in [1.82, 2.24) is 9.80 Å². The highest BCUT2D eigenvalue weighted by Gasteiger charge is 2.64. The quantitative estimate of drug-likeness (QED) is 0.577. The van der Waals surface area contributed by atoms with Crippen LogP contribution in [0.2, 0.25) is 0 Å². The standard InChI is InChI=1S/C16H24N2O4/c1-6-7-8-17-12(19)10-14(21)18(9(2)3)15(22)11(13(17)20)16(10,4)5/h9-11H,6-8H2,1-5H3. The molecule has 2 rings (SSSR count). The molecule has 0 N–H and O–H groups in total. The van der Waals surface area contributed by atoms with E-state index in [1.807, 2.05) is 6.92 Å². The Morgan fingerprint density at radius 3 is 1.77 bits per heavy atom. The Hall–Kier alpha value is -1.72. The van der Waals surface area contributed by atoms with Crippen LogP contribution in [0.25, 0.3) is 0 Å². The van der Waals surface area contributed by atoms with E-state index in [-0.39, 0.29) is 12.6 Å².